The molecule has 0 spiro atoms. The Balaban J connectivity index is 0.00000261. The number of rotatable bonds is 6. The molecule has 1 unspecified atom stereocenters. The Kier molecular flexibility index (Phi) is 7.56. The average molecular weight is 397 g/mol. The van der Waals surface area contributed by atoms with Crippen molar-refractivity contribution < 1.29 is 18.3 Å². The van der Waals surface area contributed by atoms with Crippen molar-refractivity contribution in [2.75, 3.05) is 0 Å². The highest BCUT2D eigenvalue weighted by Crippen LogP contribution is 2.32. The van der Waals surface area contributed by atoms with Crippen molar-refractivity contribution in [2.24, 2.45) is 5.73 Å². The van der Waals surface area contributed by atoms with Gasteiger partial charge >= 0.3 is 6.61 Å². The number of nitrogens with one attached hydrogen (secondary N) is 1. The zero-order chi connectivity index (χ0) is 18.5. The summed E-state index contributed by atoms with van der Waals surface area (Å²) in [4.78, 5) is 12.5. The van der Waals surface area contributed by atoms with Gasteiger partial charge in [-0.05, 0) is 54.5 Å². The molecule has 3 rings (SSSR count). The smallest absolute Gasteiger partial charge is 0.387 e. The first kappa shape index (κ1) is 21.1. The average Bonchev–Trinajstić information content (AvgIpc) is 2.62. The summed E-state index contributed by atoms with van der Waals surface area (Å²) in [5, 5.41) is 3.00. The van der Waals surface area contributed by atoms with Crippen LogP contribution in [0.3, 0.4) is 0 Å². The molecule has 1 aliphatic carbocycles. The molecule has 3 N–H and O–H groups in total. The normalized spacial score (nSPS) is 16.8. The van der Waals surface area contributed by atoms with Crippen LogP contribution in [-0.2, 0) is 17.6 Å². The van der Waals surface area contributed by atoms with E-state index in [4.69, 9.17) is 5.73 Å². The number of carbonyl (C=O) groups excluding carboxylic acids is 1. The Morgan fingerprint density at radius 2 is 1.96 bits per heavy atom. The van der Waals surface area contributed by atoms with Crippen LogP contribution in [0.5, 0.6) is 5.75 Å². The first-order valence-corrected chi connectivity index (χ1v) is 8.70. The lowest BCUT2D eigenvalue weighted by atomic mass is 9.87. The Bertz CT molecular complexity index is 759. The first-order chi connectivity index (χ1) is 12.5. The number of hydrogen-bond donors (Lipinski definition) is 2. The second-order valence-corrected chi connectivity index (χ2v) is 6.49. The summed E-state index contributed by atoms with van der Waals surface area (Å²) in [7, 11) is 0. The lowest BCUT2D eigenvalue weighted by Gasteiger charge is -2.28. The van der Waals surface area contributed by atoms with Gasteiger partial charge in [0.1, 0.15) is 5.75 Å². The Labute approximate surface area is 163 Å². The summed E-state index contributed by atoms with van der Waals surface area (Å²) in [6.07, 6.45) is 2.90. The van der Waals surface area contributed by atoms with Gasteiger partial charge in [0.25, 0.3) is 0 Å². The summed E-state index contributed by atoms with van der Waals surface area (Å²) < 4.78 is 29.2. The second kappa shape index (κ2) is 9.67. The molecule has 0 fully saturated rings. The van der Waals surface area contributed by atoms with Gasteiger partial charge in [0.15, 0.2) is 0 Å². The molecular weight excluding hydrogens is 374 g/mol. The quantitative estimate of drug-likeness (QED) is 0.781. The third-order valence-corrected chi connectivity index (χ3v) is 4.61. The van der Waals surface area contributed by atoms with Gasteiger partial charge in [-0.15, -0.1) is 12.4 Å². The molecule has 7 heteroatoms. The molecule has 27 heavy (non-hydrogen) atoms. The fourth-order valence-corrected chi connectivity index (χ4v) is 3.36. The van der Waals surface area contributed by atoms with E-state index >= 15 is 0 Å². The molecule has 146 valence electrons. The minimum atomic E-state index is -2.84. The lowest BCUT2D eigenvalue weighted by molar-refractivity contribution is -0.123. The zero-order valence-electron chi connectivity index (χ0n) is 14.7. The van der Waals surface area contributed by atoms with Crippen LogP contribution in [0.4, 0.5) is 8.78 Å². The molecule has 0 saturated heterocycles. The van der Waals surface area contributed by atoms with Gasteiger partial charge in [-0.1, -0.05) is 36.4 Å². The summed E-state index contributed by atoms with van der Waals surface area (Å²) >= 11 is 0. The molecule has 2 aromatic carbocycles. The van der Waals surface area contributed by atoms with E-state index < -0.39 is 12.7 Å². The third-order valence-electron chi connectivity index (χ3n) is 4.61. The van der Waals surface area contributed by atoms with Gasteiger partial charge < -0.3 is 15.8 Å². The lowest BCUT2D eigenvalue weighted by Crippen LogP contribution is -2.44. The number of ether oxygens (including phenoxy) is 1. The predicted molar refractivity (Wildman–Crippen MR) is 102 cm³/mol. The van der Waals surface area contributed by atoms with E-state index in [-0.39, 0.29) is 30.1 Å². The molecule has 0 bridgehead atoms. The summed E-state index contributed by atoms with van der Waals surface area (Å²) in [6.45, 7) is -2.84. The minimum Gasteiger partial charge on any atom is -0.435 e. The molecule has 0 aromatic heterocycles. The summed E-state index contributed by atoms with van der Waals surface area (Å²) in [5.41, 5.74) is 8.93. The van der Waals surface area contributed by atoms with Gasteiger partial charge in [-0.3, -0.25) is 4.79 Å². The molecule has 0 saturated carbocycles. The Morgan fingerprint density at radius 3 is 2.67 bits per heavy atom. The van der Waals surface area contributed by atoms with Crippen LogP contribution in [0.25, 0.3) is 0 Å². The van der Waals surface area contributed by atoms with Crippen molar-refractivity contribution in [2.45, 2.75) is 44.4 Å². The van der Waals surface area contributed by atoms with E-state index in [2.05, 4.69) is 10.1 Å². The first-order valence-electron chi connectivity index (χ1n) is 8.70. The zero-order valence-corrected chi connectivity index (χ0v) is 15.6. The minimum absolute atomic E-state index is 0. The van der Waals surface area contributed by atoms with E-state index in [0.717, 1.165) is 36.0 Å². The number of carbonyl (C=O) groups is 1. The van der Waals surface area contributed by atoms with Crippen molar-refractivity contribution in [3.05, 3.63) is 65.2 Å². The molecule has 2 aromatic rings. The number of nitrogens with two attached hydrogens (primary N) is 1. The maximum atomic E-state index is 12.5. The molecule has 1 amide bonds. The Morgan fingerprint density at radius 1 is 1.22 bits per heavy atom. The van der Waals surface area contributed by atoms with E-state index in [1.165, 1.54) is 6.07 Å². The van der Waals surface area contributed by atoms with Crippen LogP contribution < -0.4 is 15.8 Å². The molecule has 0 aliphatic heterocycles. The maximum absolute atomic E-state index is 12.5. The van der Waals surface area contributed by atoms with Gasteiger partial charge in [-0.25, -0.2) is 0 Å². The highest BCUT2D eigenvalue weighted by molar-refractivity contribution is 5.85. The molecule has 2 atom stereocenters. The van der Waals surface area contributed by atoms with Crippen LogP contribution in [0.2, 0.25) is 0 Å². The standard InChI is InChI=1S/C20H22F2N2O2.ClH/c21-20(22)26-15-9-10-16-14(12-15)7-4-8-18(16)24-19(25)17(23)11-13-5-2-1-3-6-13;/h1-3,5-6,9-10,12,17-18,20H,4,7-8,11,23H2,(H,24,25);1H/t17-,18?;/m0./s1. The molecule has 4 nitrogen and oxygen atoms in total. The van der Waals surface area contributed by atoms with Crippen LogP contribution >= 0.6 is 12.4 Å². The van der Waals surface area contributed by atoms with Gasteiger partial charge in [0.2, 0.25) is 5.91 Å². The van der Waals surface area contributed by atoms with E-state index in [1.54, 1.807) is 12.1 Å². The van der Waals surface area contributed by atoms with Crippen molar-refractivity contribution in [3.8, 4) is 5.75 Å². The van der Waals surface area contributed by atoms with Crippen molar-refractivity contribution in [3.63, 3.8) is 0 Å². The number of benzene rings is 2. The van der Waals surface area contributed by atoms with Crippen LogP contribution in [0.1, 0.15) is 35.6 Å². The molecular formula is C20H23ClF2N2O2. The fourth-order valence-electron chi connectivity index (χ4n) is 3.36. The van der Waals surface area contributed by atoms with E-state index in [1.807, 2.05) is 30.3 Å². The number of fused-ring (bicyclic) bond motifs is 1. The van der Waals surface area contributed by atoms with Crippen LogP contribution in [-0.4, -0.2) is 18.6 Å². The summed E-state index contributed by atoms with van der Waals surface area (Å²) in [5.74, 6) is -0.0638. The largest absolute Gasteiger partial charge is 0.435 e. The SMILES string of the molecule is Cl.N[C@@H](Cc1ccccc1)C(=O)NC1CCCc2cc(OC(F)F)ccc21. The van der Waals surface area contributed by atoms with Crippen molar-refractivity contribution in [1.29, 1.82) is 0 Å². The molecule has 0 radical (unpaired) electrons. The van der Waals surface area contributed by atoms with Gasteiger partial charge in [0, 0.05) is 0 Å². The fraction of sp³-hybridized carbons (Fsp3) is 0.350. The number of hydrogen-bond acceptors (Lipinski definition) is 3. The van der Waals surface area contributed by atoms with Crippen molar-refractivity contribution in [1.82, 2.24) is 5.32 Å². The number of halogens is 3. The highest BCUT2D eigenvalue weighted by Gasteiger charge is 2.25. The number of alkyl halides is 2. The van der Waals surface area contributed by atoms with Crippen LogP contribution in [0, 0.1) is 0 Å². The van der Waals surface area contributed by atoms with E-state index in [9.17, 15) is 13.6 Å². The maximum Gasteiger partial charge on any atom is 0.387 e. The highest BCUT2D eigenvalue weighted by atomic mass is 35.5. The number of amides is 1. The van der Waals surface area contributed by atoms with Crippen LogP contribution in [0.15, 0.2) is 48.5 Å². The number of aryl methyl sites for hydroxylation is 1. The Hall–Kier alpha value is -2.18. The van der Waals surface area contributed by atoms with Gasteiger partial charge in [-0.2, -0.15) is 8.78 Å². The topological polar surface area (TPSA) is 64.4 Å². The van der Waals surface area contributed by atoms with E-state index in [0.29, 0.717) is 6.42 Å². The summed E-state index contributed by atoms with van der Waals surface area (Å²) in [6, 6.07) is 13.7. The predicted octanol–water partition coefficient (Wildman–Crippen LogP) is 3.77. The molecule has 0 heterocycles. The third kappa shape index (κ3) is 5.65. The molecule has 1 aliphatic rings. The van der Waals surface area contributed by atoms with Gasteiger partial charge in [0.05, 0.1) is 12.1 Å². The second-order valence-electron chi connectivity index (χ2n) is 6.49. The monoisotopic (exact) mass is 396 g/mol. The van der Waals surface area contributed by atoms with Crippen molar-refractivity contribution >= 4 is 18.3 Å².